The first-order chi connectivity index (χ1) is 22.1. The van der Waals surface area contributed by atoms with E-state index in [1.807, 2.05) is 32.9 Å². The van der Waals surface area contributed by atoms with Crippen LogP contribution < -0.4 is 15.0 Å². The fraction of sp³-hybridized carbons (Fsp3) is 0.394. The van der Waals surface area contributed by atoms with Gasteiger partial charge in [-0.1, -0.05) is 18.2 Å². The minimum Gasteiger partial charge on any atom is -0.496 e. The highest BCUT2D eigenvalue weighted by Gasteiger charge is 2.43. The zero-order valence-electron chi connectivity index (χ0n) is 26.3. The molecule has 6 rings (SSSR count). The zero-order chi connectivity index (χ0) is 32.4. The van der Waals surface area contributed by atoms with E-state index in [2.05, 4.69) is 20.2 Å². The highest BCUT2D eigenvalue weighted by molar-refractivity contribution is 5.99. The van der Waals surface area contributed by atoms with Gasteiger partial charge in [-0.25, -0.2) is 19.6 Å². The molecule has 2 fully saturated rings. The maximum Gasteiger partial charge on any atom is 0.410 e. The molecule has 13 nitrogen and oxygen atoms in total. The molecule has 2 saturated heterocycles. The molecule has 0 aliphatic carbocycles. The molecule has 2 atom stereocenters. The van der Waals surface area contributed by atoms with Gasteiger partial charge in [-0.05, 0) is 51.1 Å². The number of nitrogens with zero attached hydrogens (tertiary/aromatic N) is 5. The van der Waals surface area contributed by atoms with E-state index in [0.29, 0.717) is 71.4 Å². The van der Waals surface area contributed by atoms with E-state index in [4.69, 9.17) is 24.2 Å². The summed E-state index contributed by atoms with van der Waals surface area (Å²) in [7, 11) is 1.50. The molecular formula is C33H37N7O6. The molecule has 46 heavy (non-hydrogen) atoms. The fourth-order valence-corrected chi connectivity index (χ4v) is 5.90. The van der Waals surface area contributed by atoms with Crippen molar-refractivity contribution in [1.29, 1.82) is 0 Å². The van der Waals surface area contributed by atoms with Gasteiger partial charge < -0.3 is 34.3 Å². The molecular weight excluding hydrogens is 590 g/mol. The third-order valence-electron chi connectivity index (χ3n) is 8.04. The fourth-order valence-electron chi connectivity index (χ4n) is 5.90. The van der Waals surface area contributed by atoms with E-state index in [1.54, 1.807) is 47.6 Å². The molecule has 2 N–H and O–H groups in total. The first-order valence-corrected chi connectivity index (χ1v) is 15.2. The summed E-state index contributed by atoms with van der Waals surface area (Å²) in [5.74, 6) is 0.635. The lowest BCUT2D eigenvalue weighted by atomic mass is 10.0. The number of esters is 1. The Bertz CT molecular complexity index is 1740. The lowest BCUT2D eigenvalue weighted by molar-refractivity contribution is 0.0282. The van der Waals surface area contributed by atoms with E-state index in [-0.39, 0.29) is 37.0 Å². The van der Waals surface area contributed by atoms with E-state index in [1.165, 1.54) is 7.11 Å². The summed E-state index contributed by atoms with van der Waals surface area (Å²) in [6, 6.07) is 13.9. The Hall–Kier alpha value is -5.20. The van der Waals surface area contributed by atoms with Crippen LogP contribution >= 0.6 is 0 Å². The predicted molar refractivity (Wildman–Crippen MR) is 170 cm³/mol. The standard InChI is InChI=1S/C33H37N7O6/c1-33(2,3)46-32(43)40-17-22-15-39(16-23(22)18-40)31-37-26(27-28(38-31)36-19-35-27)21-10-11-25(44-4)24(14-21)29(41)34-12-13-45-30(42)20-8-6-5-7-9-20/h5-11,14,19,22-23H,12-13,15-18H2,1-4H3,(H,34,41)(H,35,36,37,38). The van der Waals surface area contributed by atoms with Crippen molar-refractivity contribution in [1.82, 2.24) is 30.2 Å². The molecule has 13 heteroatoms. The van der Waals surface area contributed by atoms with Crippen LogP contribution in [0.25, 0.3) is 22.4 Å². The van der Waals surface area contributed by atoms with Crippen LogP contribution in [0, 0.1) is 11.8 Å². The van der Waals surface area contributed by atoms with Crippen LogP contribution in [-0.4, -0.2) is 94.8 Å². The van der Waals surface area contributed by atoms with E-state index in [0.717, 1.165) is 0 Å². The highest BCUT2D eigenvalue weighted by atomic mass is 16.6. The SMILES string of the molecule is COc1ccc(-c2nc(N3CC4CN(C(=O)OC(C)(C)C)CC4C3)nc3nc[nH]c23)cc1C(=O)NCCOC(=O)c1ccccc1. The summed E-state index contributed by atoms with van der Waals surface area (Å²) in [6.45, 7) is 8.38. The Morgan fingerprint density at radius 2 is 1.74 bits per heavy atom. The lowest BCUT2D eigenvalue weighted by Gasteiger charge is -2.26. The summed E-state index contributed by atoms with van der Waals surface area (Å²) in [5, 5.41) is 2.80. The van der Waals surface area contributed by atoms with Crippen LogP contribution in [-0.2, 0) is 9.47 Å². The Kier molecular flexibility index (Phi) is 8.48. The number of benzene rings is 2. The Morgan fingerprint density at radius 3 is 2.43 bits per heavy atom. The number of H-pyrrole nitrogens is 1. The van der Waals surface area contributed by atoms with Gasteiger partial charge in [0.25, 0.3) is 5.91 Å². The number of likely N-dealkylation sites (tertiary alicyclic amines) is 1. The average molecular weight is 628 g/mol. The molecule has 2 aliphatic rings. The number of nitrogens with one attached hydrogen (secondary N) is 2. The molecule has 240 valence electrons. The number of aromatic nitrogens is 4. The minimum atomic E-state index is -0.538. The second-order valence-corrected chi connectivity index (χ2v) is 12.5. The van der Waals surface area contributed by atoms with E-state index in [9.17, 15) is 14.4 Å². The molecule has 2 aromatic carbocycles. The van der Waals surface area contributed by atoms with Gasteiger partial charge >= 0.3 is 12.1 Å². The van der Waals surface area contributed by atoms with Gasteiger partial charge in [-0.2, -0.15) is 4.98 Å². The maximum atomic E-state index is 13.2. The van der Waals surface area contributed by atoms with Gasteiger partial charge in [0.1, 0.15) is 29.2 Å². The quantitative estimate of drug-likeness (QED) is 0.217. The first-order valence-electron chi connectivity index (χ1n) is 15.2. The van der Waals surface area contributed by atoms with Crippen molar-refractivity contribution in [3.05, 3.63) is 66.0 Å². The molecule has 2 unspecified atom stereocenters. The van der Waals surface area contributed by atoms with Crippen molar-refractivity contribution < 1.29 is 28.6 Å². The van der Waals surface area contributed by atoms with Crippen molar-refractivity contribution >= 4 is 35.1 Å². The topological polar surface area (TPSA) is 152 Å². The summed E-state index contributed by atoms with van der Waals surface area (Å²) in [4.78, 5) is 59.2. The molecule has 0 radical (unpaired) electrons. The van der Waals surface area contributed by atoms with Gasteiger partial charge in [0.2, 0.25) is 5.95 Å². The summed E-state index contributed by atoms with van der Waals surface area (Å²) in [5.41, 5.74) is 2.63. The van der Waals surface area contributed by atoms with Gasteiger partial charge in [0, 0.05) is 43.6 Å². The normalized spacial score (nSPS) is 17.6. The Balaban J connectivity index is 1.16. The molecule has 0 spiro atoms. The van der Waals surface area contributed by atoms with Crippen LogP contribution in [0.2, 0.25) is 0 Å². The molecule has 2 amide bonds. The van der Waals surface area contributed by atoms with E-state index < -0.39 is 11.6 Å². The number of carbonyl (C=O) groups is 3. The average Bonchev–Trinajstić information content (AvgIpc) is 3.77. The Morgan fingerprint density at radius 1 is 1.00 bits per heavy atom. The monoisotopic (exact) mass is 627 g/mol. The van der Waals surface area contributed by atoms with Crippen molar-refractivity contribution in [2.75, 3.05) is 51.3 Å². The van der Waals surface area contributed by atoms with E-state index >= 15 is 0 Å². The van der Waals surface area contributed by atoms with Crippen LogP contribution in [0.3, 0.4) is 0 Å². The van der Waals surface area contributed by atoms with Crippen molar-refractivity contribution in [2.24, 2.45) is 11.8 Å². The number of imidazole rings is 1. The number of ether oxygens (including phenoxy) is 3. The highest BCUT2D eigenvalue weighted by Crippen LogP contribution is 2.36. The summed E-state index contributed by atoms with van der Waals surface area (Å²) < 4.78 is 16.4. The molecule has 0 saturated carbocycles. The molecule has 4 heterocycles. The molecule has 2 aromatic heterocycles. The number of hydrogen-bond donors (Lipinski definition) is 2. The lowest BCUT2D eigenvalue weighted by Crippen LogP contribution is -2.37. The molecule has 0 bridgehead atoms. The smallest absolute Gasteiger partial charge is 0.410 e. The molecule has 4 aromatic rings. The summed E-state index contributed by atoms with van der Waals surface area (Å²) >= 11 is 0. The number of aromatic amines is 1. The van der Waals surface area contributed by atoms with Crippen molar-refractivity contribution in [2.45, 2.75) is 26.4 Å². The minimum absolute atomic E-state index is 0.0128. The predicted octanol–water partition coefficient (Wildman–Crippen LogP) is 3.92. The largest absolute Gasteiger partial charge is 0.496 e. The zero-order valence-corrected chi connectivity index (χ0v) is 26.3. The number of rotatable bonds is 8. The van der Waals surface area contributed by atoms with Crippen molar-refractivity contribution in [3.63, 3.8) is 0 Å². The van der Waals surface area contributed by atoms with Gasteiger partial charge in [-0.15, -0.1) is 0 Å². The second kappa shape index (κ2) is 12.7. The van der Waals surface area contributed by atoms with Gasteiger partial charge in [0.15, 0.2) is 5.65 Å². The number of anilines is 1. The van der Waals surface area contributed by atoms with Gasteiger partial charge in [0.05, 0.1) is 31.1 Å². The third kappa shape index (κ3) is 6.58. The van der Waals surface area contributed by atoms with Gasteiger partial charge in [-0.3, -0.25) is 4.79 Å². The summed E-state index contributed by atoms with van der Waals surface area (Å²) in [6.07, 6.45) is 1.29. The van der Waals surface area contributed by atoms with Crippen LogP contribution in [0.4, 0.5) is 10.7 Å². The maximum absolute atomic E-state index is 13.2. The number of carbonyl (C=O) groups excluding carboxylic acids is 3. The van der Waals surface area contributed by atoms with Crippen LogP contribution in [0.15, 0.2) is 54.9 Å². The second-order valence-electron chi connectivity index (χ2n) is 12.5. The number of fused-ring (bicyclic) bond motifs is 2. The third-order valence-corrected chi connectivity index (χ3v) is 8.04. The number of hydrogen-bond acceptors (Lipinski definition) is 10. The van der Waals surface area contributed by atoms with Crippen LogP contribution in [0.1, 0.15) is 41.5 Å². The number of amides is 2. The number of methoxy groups -OCH3 is 1. The van der Waals surface area contributed by atoms with Crippen molar-refractivity contribution in [3.8, 4) is 17.0 Å². The molecule has 2 aliphatic heterocycles. The van der Waals surface area contributed by atoms with Crippen LogP contribution in [0.5, 0.6) is 5.75 Å². The Labute approximate surface area is 266 Å². The first kappa shape index (κ1) is 30.8.